The summed E-state index contributed by atoms with van der Waals surface area (Å²) in [5, 5.41) is 3.49. The summed E-state index contributed by atoms with van der Waals surface area (Å²) in [6.07, 6.45) is 4.49. The van der Waals surface area contributed by atoms with Crippen LogP contribution in [0.15, 0.2) is 0 Å². The molecule has 1 saturated carbocycles. The van der Waals surface area contributed by atoms with Gasteiger partial charge in [-0.1, -0.05) is 6.92 Å². The molecule has 3 atom stereocenters. The smallest absolute Gasteiger partial charge is 0.0730 e. The lowest BCUT2D eigenvalue weighted by Gasteiger charge is -2.39. The van der Waals surface area contributed by atoms with Crippen molar-refractivity contribution in [1.82, 2.24) is 10.2 Å². The van der Waals surface area contributed by atoms with Crippen molar-refractivity contribution in [3.63, 3.8) is 0 Å². The molecule has 2 fully saturated rings. The standard InChI is InChI=1S/C12H24N2O/c1-3-13-10(2)9-14-7-8-15-12-6-4-5-11(12)14/h10-13H,3-9H2,1-2H3. The van der Waals surface area contributed by atoms with Crippen LogP contribution < -0.4 is 5.32 Å². The van der Waals surface area contributed by atoms with Crippen LogP contribution >= 0.6 is 0 Å². The lowest BCUT2D eigenvalue weighted by molar-refractivity contribution is -0.0575. The van der Waals surface area contributed by atoms with Crippen LogP contribution in [0, 0.1) is 0 Å². The first-order valence-corrected chi connectivity index (χ1v) is 6.40. The molecule has 0 spiro atoms. The first-order valence-electron chi connectivity index (χ1n) is 6.40. The Morgan fingerprint density at radius 3 is 3.13 bits per heavy atom. The molecule has 2 rings (SSSR count). The van der Waals surface area contributed by atoms with Crippen molar-refractivity contribution in [2.75, 3.05) is 26.2 Å². The van der Waals surface area contributed by atoms with Crippen molar-refractivity contribution in [2.24, 2.45) is 0 Å². The van der Waals surface area contributed by atoms with Gasteiger partial charge >= 0.3 is 0 Å². The van der Waals surface area contributed by atoms with E-state index >= 15 is 0 Å². The third-order valence-corrected chi connectivity index (χ3v) is 3.66. The molecule has 0 aromatic rings. The van der Waals surface area contributed by atoms with Crippen LogP contribution in [0.5, 0.6) is 0 Å². The molecule has 0 aromatic heterocycles. The molecule has 1 N–H and O–H groups in total. The van der Waals surface area contributed by atoms with E-state index in [1.807, 2.05) is 0 Å². The fraction of sp³-hybridized carbons (Fsp3) is 1.00. The molecule has 1 aliphatic heterocycles. The Morgan fingerprint density at radius 1 is 1.47 bits per heavy atom. The van der Waals surface area contributed by atoms with Gasteiger partial charge in [0.2, 0.25) is 0 Å². The van der Waals surface area contributed by atoms with Crippen molar-refractivity contribution in [3.8, 4) is 0 Å². The number of fused-ring (bicyclic) bond motifs is 1. The zero-order chi connectivity index (χ0) is 10.7. The maximum absolute atomic E-state index is 5.81. The first-order chi connectivity index (χ1) is 7.31. The van der Waals surface area contributed by atoms with Gasteiger partial charge in [-0.2, -0.15) is 0 Å². The number of morpholine rings is 1. The van der Waals surface area contributed by atoms with Gasteiger partial charge in [0.05, 0.1) is 12.7 Å². The largest absolute Gasteiger partial charge is 0.375 e. The van der Waals surface area contributed by atoms with Crippen LogP contribution in [-0.4, -0.2) is 49.3 Å². The van der Waals surface area contributed by atoms with Crippen molar-refractivity contribution in [3.05, 3.63) is 0 Å². The molecule has 1 heterocycles. The second-order valence-corrected chi connectivity index (χ2v) is 4.86. The molecule has 88 valence electrons. The van der Waals surface area contributed by atoms with E-state index in [0.29, 0.717) is 18.2 Å². The van der Waals surface area contributed by atoms with Gasteiger partial charge in [-0.15, -0.1) is 0 Å². The normalized spacial score (nSPS) is 34.0. The van der Waals surface area contributed by atoms with E-state index < -0.39 is 0 Å². The summed E-state index contributed by atoms with van der Waals surface area (Å²) in [4.78, 5) is 2.63. The molecule has 0 amide bonds. The SMILES string of the molecule is CCNC(C)CN1CCOC2CCCC21. The van der Waals surface area contributed by atoms with Crippen molar-refractivity contribution < 1.29 is 4.74 Å². The van der Waals surface area contributed by atoms with E-state index in [1.54, 1.807) is 0 Å². The van der Waals surface area contributed by atoms with Crippen LogP contribution in [0.3, 0.4) is 0 Å². The van der Waals surface area contributed by atoms with Crippen LogP contribution in [0.1, 0.15) is 33.1 Å². The van der Waals surface area contributed by atoms with Gasteiger partial charge in [0.15, 0.2) is 0 Å². The summed E-state index contributed by atoms with van der Waals surface area (Å²) in [7, 11) is 0. The summed E-state index contributed by atoms with van der Waals surface area (Å²) in [5.41, 5.74) is 0. The number of nitrogens with zero attached hydrogens (tertiary/aromatic N) is 1. The highest BCUT2D eigenvalue weighted by Crippen LogP contribution is 2.29. The molecule has 3 nitrogen and oxygen atoms in total. The van der Waals surface area contributed by atoms with E-state index in [-0.39, 0.29) is 0 Å². The minimum atomic E-state index is 0.535. The minimum Gasteiger partial charge on any atom is -0.375 e. The maximum Gasteiger partial charge on any atom is 0.0730 e. The van der Waals surface area contributed by atoms with Crippen molar-refractivity contribution >= 4 is 0 Å². The van der Waals surface area contributed by atoms with E-state index in [1.165, 1.54) is 25.8 Å². The van der Waals surface area contributed by atoms with Crippen molar-refractivity contribution in [1.29, 1.82) is 0 Å². The zero-order valence-electron chi connectivity index (χ0n) is 10.0. The molecule has 0 radical (unpaired) electrons. The Morgan fingerprint density at radius 2 is 2.33 bits per heavy atom. The summed E-state index contributed by atoms with van der Waals surface area (Å²) >= 11 is 0. The molecule has 0 bridgehead atoms. The molecule has 1 saturated heterocycles. The van der Waals surface area contributed by atoms with E-state index in [9.17, 15) is 0 Å². The fourth-order valence-electron chi connectivity index (χ4n) is 3.00. The Kier molecular flexibility index (Phi) is 4.00. The van der Waals surface area contributed by atoms with Crippen LogP contribution in [0.2, 0.25) is 0 Å². The molecule has 3 unspecified atom stereocenters. The lowest BCUT2D eigenvalue weighted by Crippen LogP contribution is -2.52. The molecule has 15 heavy (non-hydrogen) atoms. The Balaban J connectivity index is 1.84. The first kappa shape index (κ1) is 11.4. The third kappa shape index (κ3) is 2.71. The monoisotopic (exact) mass is 212 g/mol. The molecule has 1 aliphatic carbocycles. The van der Waals surface area contributed by atoms with Gasteiger partial charge in [0.1, 0.15) is 0 Å². The van der Waals surface area contributed by atoms with E-state index in [4.69, 9.17) is 4.74 Å². The van der Waals surface area contributed by atoms with E-state index in [2.05, 4.69) is 24.1 Å². The highest BCUT2D eigenvalue weighted by molar-refractivity contribution is 4.90. The predicted octanol–water partition coefficient (Wildman–Crippen LogP) is 1.24. The molecular formula is C12H24N2O. The zero-order valence-corrected chi connectivity index (χ0v) is 10.0. The number of likely N-dealkylation sites (N-methyl/N-ethyl adjacent to an activating group) is 1. The number of nitrogens with one attached hydrogen (secondary N) is 1. The van der Waals surface area contributed by atoms with Gasteiger partial charge in [-0.05, 0) is 32.7 Å². The topological polar surface area (TPSA) is 24.5 Å². The number of ether oxygens (including phenoxy) is 1. The molecule has 3 heteroatoms. The predicted molar refractivity (Wildman–Crippen MR) is 62.1 cm³/mol. The van der Waals surface area contributed by atoms with Gasteiger partial charge in [-0.25, -0.2) is 0 Å². The number of hydrogen-bond acceptors (Lipinski definition) is 3. The van der Waals surface area contributed by atoms with Crippen molar-refractivity contribution in [2.45, 2.75) is 51.3 Å². The van der Waals surface area contributed by atoms with Crippen LogP contribution in [0.4, 0.5) is 0 Å². The molecule has 0 aromatic carbocycles. The van der Waals surface area contributed by atoms with Gasteiger partial charge < -0.3 is 10.1 Å². The minimum absolute atomic E-state index is 0.535. The van der Waals surface area contributed by atoms with Gasteiger partial charge in [0.25, 0.3) is 0 Å². The van der Waals surface area contributed by atoms with Gasteiger partial charge in [0, 0.05) is 25.2 Å². The third-order valence-electron chi connectivity index (χ3n) is 3.66. The maximum atomic E-state index is 5.81. The number of rotatable bonds is 4. The highest BCUT2D eigenvalue weighted by Gasteiger charge is 2.36. The summed E-state index contributed by atoms with van der Waals surface area (Å²) in [6.45, 7) is 8.76. The average Bonchev–Trinajstić information content (AvgIpc) is 2.67. The highest BCUT2D eigenvalue weighted by atomic mass is 16.5. The molecule has 2 aliphatic rings. The molecular weight excluding hydrogens is 188 g/mol. The Bertz CT molecular complexity index is 198. The summed E-state index contributed by atoms with van der Waals surface area (Å²) in [5.74, 6) is 0. The Labute approximate surface area is 93.2 Å². The van der Waals surface area contributed by atoms with Crippen LogP contribution in [0.25, 0.3) is 0 Å². The van der Waals surface area contributed by atoms with E-state index in [0.717, 1.165) is 19.7 Å². The second kappa shape index (κ2) is 5.28. The Hall–Kier alpha value is -0.120. The number of hydrogen-bond donors (Lipinski definition) is 1. The van der Waals surface area contributed by atoms with Crippen LogP contribution in [-0.2, 0) is 4.74 Å². The lowest BCUT2D eigenvalue weighted by atomic mass is 10.1. The quantitative estimate of drug-likeness (QED) is 0.759. The second-order valence-electron chi connectivity index (χ2n) is 4.86. The average molecular weight is 212 g/mol. The summed E-state index contributed by atoms with van der Waals surface area (Å²) < 4.78 is 5.81. The fourth-order valence-corrected chi connectivity index (χ4v) is 3.00. The van der Waals surface area contributed by atoms with Gasteiger partial charge in [-0.3, -0.25) is 4.90 Å². The summed E-state index contributed by atoms with van der Waals surface area (Å²) in [6, 6.07) is 1.31.